The SMILES string of the molecule is CN(C)CCCN1C2(OC(=O)C=CC(=O)O2)c2ccccc2C(Oc2cccc(C(F)(F)F)c2)C12OC(=O)C=CC(=O)O2. The van der Waals surface area contributed by atoms with Crippen LogP contribution in [0.25, 0.3) is 0 Å². The van der Waals surface area contributed by atoms with Crippen molar-refractivity contribution in [1.82, 2.24) is 9.80 Å². The average molecular weight is 603 g/mol. The molecule has 2 aromatic carbocycles. The molecule has 0 amide bonds. The molecule has 3 heterocycles. The number of halogens is 3. The second kappa shape index (κ2) is 11.2. The van der Waals surface area contributed by atoms with Gasteiger partial charge >= 0.3 is 41.9 Å². The predicted molar refractivity (Wildman–Crippen MR) is 138 cm³/mol. The van der Waals surface area contributed by atoms with E-state index in [0.717, 1.165) is 47.4 Å². The molecule has 0 N–H and O–H groups in total. The summed E-state index contributed by atoms with van der Waals surface area (Å²) in [6.07, 6.45) is -2.92. The van der Waals surface area contributed by atoms with E-state index in [-0.39, 0.29) is 29.8 Å². The van der Waals surface area contributed by atoms with Crippen LogP contribution in [0.2, 0.25) is 0 Å². The summed E-state index contributed by atoms with van der Waals surface area (Å²) in [5.74, 6) is -9.69. The Morgan fingerprint density at radius 2 is 1.42 bits per heavy atom. The first-order valence-electron chi connectivity index (χ1n) is 13.0. The minimum Gasteiger partial charge on any atom is -0.476 e. The molecule has 1 unspecified atom stereocenters. The van der Waals surface area contributed by atoms with Crippen molar-refractivity contribution in [2.45, 2.75) is 30.5 Å². The smallest absolute Gasteiger partial charge is 0.416 e. The maximum Gasteiger partial charge on any atom is 0.416 e. The molecule has 0 fully saturated rings. The highest BCUT2D eigenvalue weighted by Crippen LogP contribution is 2.53. The van der Waals surface area contributed by atoms with Crippen molar-refractivity contribution in [3.8, 4) is 5.75 Å². The van der Waals surface area contributed by atoms with Gasteiger partial charge in [-0.3, -0.25) is 0 Å². The molecular weight excluding hydrogens is 577 g/mol. The van der Waals surface area contributed by atoms with Gasteiger partial charge in [0.2, 0.25) is 6.10 Å². The molecule has 2 spiro atoms. The van der Waals surface area contributed by atoms with Crippen LogP contribution in [0.4, 0.5) is 13.2 Å². The number of alkyl halides is 3. The molecule has 0 bridgehead atoms. The Kier molecular flexibility index (Phi) is 7.75. The molecule has 43 heavy (non-hydrogen) atoms. The number of hydrogen-bond donors (Lipinski definition) is 0. The Balaban J connectivity index is 1.78. The van der Waals surface area contributed by atoms with Crippen molar-refractivity contribution in [1.29, 1.82) is 0 Å². The number of esters is 4. The molecule has 14 heteroatoms. The van der Waals surface area contributed by atoms with Crippen molar-refractivity contribution in [3.05, 3.63) is 89.5 Å². The van der Waals surface area contributed by atoms with Gasteiger partial charge in [-0.25, -0.2) is 19.2 Å². The quantitative estimate of drug-likeness (QED) is 0.454. The van der Waals surface area contributed by atoms with Crippen LogP contribution in [0.1, 0.15) is 29.2 Å². The van der Waals surface area contributed by atoms with E-state index in [1.165, 1.54) is 30.3 Å². The van der Waals surface area contributed by atoms with Crippen LogP contribution in [0.5, 0.6) is 5.75 Å². The maximum absolute atomic E-state index is 13.6. The fraction of sp³-hybridized carbons (Fsp3) is 0.310. The van der Waals surface area contributed by atoms with Crippen molar-refractivity contribution in [2.24, 2.45) is 0 Å². The fourth-order valence-electron chi connectivity index (χ4n) is 5.02. The lowest BCUT2D eigenvalue weighted by Gasteiger charge is -2.54. The van der Waals surface area contributed by atoms with Gasteiger partial charge in [0.15, 0.2) is 0 Å². The molecule has 3 aliphatic heterocycles. The summed E-state index contributed by atoms with van der Waals surface area (Å²) in [4.78, 5) is 54.6. The molecule has 0 saturated heterocycles. The summed E-state index contributed by atoms with van der Waals surface area (Å²) in [5, 5.41) is 0. The van der Waals surface area contributed by atoms with Crippen molar-refractivity contribution in [3.63, 3.8) is 0 Å². The number of ether oxygens (including phenoxy) is 5. The zero-order valence-electron chi connectivity index (χ0n) is 22.8. The van der Waals surface area contributed by atoms with Gasteiger partial charge in [-0.2, -0.15) is 13.2 Å². The fourth-order valence-corrected chi connectivity index (χ4v) is 5.02. The first-order chi connectivity index (χ1) is 20.3. The molecule has 5 rings (SSSR count). The third-order valence-corrected chi connectivity index (χ3v) is 6.73. The average Bonchev–Trinajstić information content (AvgIpc) is 3.19. The standard InChI is InChI=1S/C29H25F3N2O9/c1-33(2)15-6-16-34-28(40-22(35)11-12-23(36)41-28)21-10-4-3-9-20(21)26(29(34)42-24(37)13-14-25(38)43-29)39-19-8-5-7-18(17-19)27(30,31)32/h3-5,7-14,17,26H,6,15-16H2,1-2H3. The number of nitrogens with zero attached hydrogens (tertiary/aromatic N) is 2. The van der Waals surface area contributed by atoms with Crippen molar-refractivity contribution >= 4 is 23.9 Å². The second-order valence-corrected chi connectivity index (χ2v) is 9.98. The van der Waals surface area contributed by atoms with Gasteiger partial charge in [0.1, 0.15) is 5.75 Å². The van der Waals surface area contributed by atoms with E-state index in [9.17, 15) is 32.3 Å². The number of hydrogen-bond acceptors (Lipinski definition) is 11. The number of carbonyl (C=O) groups is 4. The zero-order valence-corrected chi connectivity index (χ0v) is 22.8. The molecule has 0 saturated carbocycles. The summed E-state index contributed by atoms with van der Waals surface area (Å²) in [7, 11) is 3.56. The Hall–Kier alpha value is -4.69. The maximum atomic E-state index is 13.6. The third-order valence-electron chi connectivity index (χ3n) is 6.73. The molecule has 2 aromatic rings. The summed E-state index contributed by atoms with van der Waals surface area (Å²) in [6, 6.07) is 9.83. The minimum atomic E-state index is -4.72. The molecule has 11 nitrogen and oxygen atoms in total. The Morgan fingerprint density at radius 3 is 2.00 bits per heavy atom. The lowest BCUT2D eigenvalue weighted by atomic mass is 9.89. The highest BCUT2D eigenvalue weighted by Gasteiger charge is 2.70. The Morgan fingerprint density at radius 1 is 0.837 bits per heavy atom. The van der Waals surface area contributed by atoms with Gasteiger partial charge in [-0.05, 0) is 51.3 Å². The van der Waals surface area contributed by atoms with E-state index >= 15 is 0 Å². The normalized spacial score (nSPS) is 21.0. The molecule has 226 valence electrons. The zero-order chi connectivity index (χ0) is 31.0. The number of rotatable bonds is 6. The van der Waals surface area contributed by atoms with E-state index in [0.29, 0.717) is 6.54 Å². The molecule has 3 aliphatic rings. The van der Waals surface area contributed by atoms with E-state index in [1.807, 2.05) is 4.90 Å². The number of fused-ring (bicyclic) bond motifs is 2. The lowest BCUT2D eigenvalue weighted by Crippen LogP contribution is -2.71. The van der Waals surface area contributed by atoms with Gasteiger partial charge < -0.3 is 28.6 Å². The monoisotopic (exact) mass is 602 g/mol. The topological polar surface area (TPSA) is 121 Å². The summed E-state index contributed by atoms with van der Waals surface area (Å²) < 4.78 is 69.9. The Labute approximate surface area is 243 Å². The molecule has 1 atom stereocenters. The summed E-state index contributed by atoms with van der Waals surface area (Å²) in [5.41, 5.74) is -0.998. The third kappa shape index (κ3) is 5.70. The van der Waals surface area contributed by atoms with Gasteiger partial charge in [0.05, 0.1) is 11.1 Å². The van der Waals surface area contributed by atoms with Crippen LogP contribution >= 0.6 is 0 Å². The van der Waals surface area contributed by atoms with Crippen LogP contribution in [0.3, 0.4) is 0 Å². The highest BCUT2D eigenvalue weighted by molar-refractivity contribution is 5.94. The first-order valence-corrected chi connectivity index (χ1v) is 13.0. The van der Waals surface area contributed by atoms with Gasteiger partial charge in [0.25, 0.3) is 0 Å². The highest BCUT2D eigenvalue weighted by atomic mass is 19.4. The van der Waals surface area contributed by atoms with Gasteiger partial charge in [-0.1, -0.05) is 24.3 Å². The Bertz CT molecular complexity index is 1480. The molecular formula is C29H25F3N2O9. The molecule has 0 aliphatic carbocycles. The molecule has 0 radical (unpaired) electrons. The summed E-state index contributed by atoms with van der Waals surface area (Å²) >= 11 is 0. The van der Waals surface area contributed by atoms with E-state index in [1.54, 1.807) is 14.1 Å². The first kappa shape index (κ1) is 29.8. The van der Waals surface area contributed by atoms with Gasteiger partial charge in [0, 0.05) is 36.4 Å². The number of carbonyl (C=O) groups excluding carboxylic acids is 4. The van der Waals surface area contributed by atoms with Crippen LogP contribution in [0.15, 0.2) is 72.8 Å². The van der Waals surface area contributed by atoms with Gasteiger partial charge in [-0.15, -0.1) is 4.90 Å². The predicted octanol–water partition coefficient (Wildman–Crippen LogP) is 3.17. The van der Waals surface area contributed by atoms with E-state index < -0.39 is 53.5 Å². The lowest BCUT2D eigenvalue weighted by molar-refractivity contribution is -0.417. The van der Waals surface area contributed by atoms with Crippen molar-refractivity contribution < 1.29 is 56.0 Å². The van der Waals surface area contributed by atoms with Crippen molar-refractivity contribution in [2.75, 3.05) is 27.2 Å². The second-order valence-electron chi connectivity index (χ2n) is 9.98. The largest absolute Gasteiger partial charge is 0.476 e. The number of benzene rings is 2. The van der Waals surface area contributed by atoms with Crippen LogP contribution in [0, 0.1) is 0 Å². The van der Waals surface area contributed by atoms with Crippen LogP contribution in [-0.2, 0) is 50.2 Å². The minimum absolute atomic E-state index is 0.0113. The van der Waals surface area contributed by atoms with E-state index in [4.69, 9.17) is 23.7 Å². The van der Waals surface area contributed by atoms with Crippen LogP contribution < -0.4 is 4.74 Å². The van der Waals surface area contributed by atoms with E-state index in [2.05, 4.69) is 0 Å². The molecule has 0 aromatic heterocycles. The van der Waals surface area contributed by atoms with Crippen LogP contribution in [-0.4, -0.2) is 66.8 Å². The summed E-state index contributed by atoms with van der Waals surface area (Å²) in [6.45, 7) is 0.194.